The second-order valence-electron chi connectivity index (χ2n) is 5.81. The number of benzene rings is 2. The molecule has 26 heavy (non-hydrogen) atoms. The standard InChI is InChI=1S/C17H17Cl3N2O3S/c1-10-6-12(18)4-5-16(10)21-17(23)11(2)22(26(3,24)25)15-8-13(19)7-14(20)9-15/h4-9,11H,1-3H3,(H,21,23)/t11-/m1/s1. The molecule has 2 aromatic rings. The van der Waals surface area contributed by atoms with Gasteiger partial charge in [0.05, 0.1) is 11.9 Å². The van der Waals surface area contributed by atoms with Crippen LogP contribution in [0.1, 0.15) is 12.5 Å². The van der Waals surface area contributed by atoms with Crippen molar-refractivity contribution >= 4 is 62.1 Å². The molecule has 2 rings (SSSR count). The van der Waals surface area contributed by atoms with Crippen LogP contribution in [0.2, 0.25) is 15.1 Å². The number of amides is 1. The maximum absolute atomic E-state index is 12.7. The highest BCUT2D eigenvalue weighted by atomic mass is 35.5. The monoisotopic (exact) mass is 434 g/mol. The van der Waals surface area contributed by atoms with Gasteiger partial charge in [0.2, 0.25) is 15.9 Å². The molecule has 140 valence electrons. The van der Waals surface area contributed by atoms with Crippen LogP contribution in [-0.4, -0.2) is 26.6 Å². The van der Waals surface area contributed by atoms with E-state index in [0.29, 0.717) is 10.7 Å². The summed E-state index contributed by atoms with van der Waals surface area (Å²) in [6, 6.07) is 8.32. The van der Waals surface area contributed by atoms with Gasteiger partial charge in [0.25, 0.3) is 0 Å². The number of anilines is 2. The van der Waals surface area contributed by atoms with Crippen molar-refractivity contribution in [3.8, 4) is 0 Å². The maximum Gasteiger partial charge on any atom is 0.248 e. The zero-order chi connectivity index (χ0) is 19.6. The molecule has 9 heteroatoms. The molecule has 1 amide bonds. The van der Waals surface area contributed by atoms with Gasteiger partial charge in [-0.25, -0.2) is 8.42 Å². The van der Waals surface area contributed by atoms with E-state index in [4.69, 9.17) is 34.8 Å². The van der Waals surface area contributed by atoms with E-state index in [1.165, 1.54) is 25.1 Å². The van der Waals surface area contributed by atoms with Gasteiger partial charge in [-0.3, -0.25) is 9.10 Å². The van der Waals surface area contributed by atoms with Gasteiger partial charge in [0.15, 0.2) is 0 Å². The Hall–Kier alpha value is -1.47. The van der Waals surface area contributed by atoms with Gasteiger partial charge in [-0.1, -0.05) is 34.8 Å². The van der Waals surface area contributed by atoms with Crippen molar-refractivity contribution < 1.29 is 13.2 Å². The van der Waals surface area contributed by atoms with Crippen molar-refractivity contribution in [3.63, 3.8) is 0 Å². The fraction of sp³-hybridized carbons (Fsp3) is 0.235. The number of hydrogen-bond donors (Lipinski definition) is 1. The Morgan fingerprint density at radius 1 is 1.04 bits per heavy atom. The topological polar surface area (TPSA) is 66.5 Å². The molecule has 0 fully saturated rings. The smallest absolute Gasteiger partial charge is 0.248 e. The number of halogens is 3. The van der Waals surface area contributed by atoms with Crippen LogP contribution in [0.4, 0.5) is 11.4 Å². The summed E-state index contributed by atoms with van der Waals surface area (Å²) in [4.78, 5) is 12.7. The first kappa shape index (κ1) is 20.8. The molecule has 0 radical (unpaired) electrons. The van der Waals surface area contributed by atoms with Crippen molar-refractivity contribution in [2.24, 2.45) is 0 Å². The highest BCUT2D eigenvalue weighted by Gasteiger charge is 2.29. The van der Waals surface area contributed by atoms with Crippen LogP contribution in [0.25, 0.3) is 0 Å². The molecule has 0 aliphatic carbocycles. The van der Waals surface area contributed by atoms with Crippen LogP contribution < -0.4 is 9.62 Å². The Balaban J connectivity index is 2.37. The minimum Gasteiger partial charge on any atom is -0.324 e. The molecule has 0 saturated heterocycles. The van der Waals surface area contributed by atoms with Crippen molar-refractivity contribution in [2.45, 2.75) is 19.9 Å². The van der Waals surface area contributed by atoms with Crippen LogP contribution in [0.3, 0.4) is 0 Å². The predicted molar refractivity (Wildman–Crippen MR) is 108 cm³/mol. The second kappa shape index (κ2) is 8.05. The summed E-state index contributed by atoms with van der Waals surface area (Å²) in [7, 11) is -3.77. The summed E-state index contributed by atoms with van der Waals surface area (Å²) in [5, 5.41) is 3.79. The highest BCUT2D eigenvalue weighted by molar-refractivity contribution is 7.92. The van der Waals surface area contributed by atoms with Gasteiger partial charge < -0.3 is 5.32 Å². The SMILES string of the molecule is Cc1cc(Cl)ccc1NC(=O)[C@@H](C)N(c1cc(Cl)cc(Cl)c1)S(C)(=O)=O. The summed E-state index contributed by atoms with van der Waals surface area (Å²) in [6.45, 7) is 3.27. The summed E-state index contributed by atoms with van der Waals surface area (Å²) in [5.74, 6) is -0.503. The van der Waals surface area contributed by atoms with Gasteiger partial charge in [-0.2, -0.15) is 0 Å². The zero-order valence-corrected chi connectivity index (χ0v) is 17.3. The lowest BCUT2D eigenvalue weighted by atomic mass is 10.2. The third-order valence-corrected chi connectivity index (χ3v) is 5.55. The minimum atomic E-state index is -3.77. The number of nitrogens with zero attached hydrogens (tertiary/aromatic N) is 1. The average molecular weight is 436 g/mol. The molecule has 1 atom stereocenters. The molecule has 0 heterocycles. The molecule has 2 aromatic carbocycles. The normalized spacial score (nSPS) is 12.5. The van der Waals surface area contributed by atoms with Crippen molar-refractivity contribution in [1.29, 1.82) is 0 Å². The fourth-order valence-corrected chi connectivity index (χ4v) is 4.38. The average Bonchev–Trinajstić information content (AvgIpc) is 2.47. The van der Waals surface area contributed by atoms with Crippen LogP contribution in [0.5, 0.6) is 0 Å². The molecule has 0 unspecified atom stereocenters. The Morgan fingerprint density at radius 2 is 1.62 bits per heavy atom. The summed E-state index contributed by atoms with van der Waals surface area (Å²) >= 11 is 17.9. The van der Waals surface area contributed by atoms with Crippen molar-refractivity contribution in [2.75, 3.05) is 15.9 Å². The lowest BCUT2D eigenvalue weighted by Crippen LogP contribution is -2.45. The minimum absolute atomic E-state index is 0.209. The molecular formula is C17H17Cl3N2O3S. The van der Waals surface area contributed by atoms with Gasteiger partial charge in [0, 0.05) is 20.8 Å². The second-order valence-corrected chi connectivity index (χ2v) is 8.98. The molecule has 1 N–H and O–H groups in total. The van der Waals surface area contributed by atoms with Crippen molar-refractivity contribution in [3.05, 3.63) is 57.0 Å². The van der Waals surface area contributed by atoms with E-state index >= 15 is 0 Å². The predicted octanol–water partition coefficient (Wildman–Crippen LogP) is 4.75. The fourth-order valence-electron chi connectivity index (χ4n) is 2.48. The maximum atomic E-state index is 12.7. The van der Waals surface area contributed by atoms with Gasteiger partial charge in [-0.05, 0) is 55.8 Å². The van der Waals surface area contributed by atoms with Crippen LogP contribution in [0, 0.1) is 6.92 Å². The molecular weight excluding hydrogens is 419 g/mol. The molecule has 0 aromatic heterocycles. The Labute approximate surface area is 167 Å². The molecule has 0 saturated carbocycles. The van der Waals surface area contributed by atoms with E-state index < -0.39 is 22.0 Å². The summed E-state index contributed by atoms with van der Waals surface area (Å²) < 4.78 is 25.6. The first-order valence-electron chi connectivity index (χ1n) is 7.51. The molecule has 0 aliphatic heterocycles. The Bertz CT molecular complexity index is 928. The largest absolute Gasteiger partial charge is 0.324 e. The van der Waals surface area contributed by atoms with Crippen LogP contribution >= 0.6 is 34.8 Å². The molecule has 0 aliphatic rings. The van der Waals surface area contributed by atoms with Gasteiger partial charge >= 0.3 is 0 Å². The highest BCUT2D eigenvalue weighted by Crippen LogP contribution is 2.29. The number of nitrogens with one attached hydrogen (secondary N) is 1. The zero-order valence-electron chi connectivity index (χ0n) is 14.3. The quantitative estimate of drug-likeness (QED) is 0.737. The molecule has 0 bridgehead atoms. The van der Waals surface area contributed by atoms with E-state index in [9.17, 15) is 13.2 Å². The molecule has 0 spiro atoms. The van der Waals surface area contributed by atoms with E-state index in [1.54, 1.807) is 25.1 Å². The number of sulfonamides is 1. The van der Waals surface area contributed by atoms with Crippen molar-refractivity contribution in [1.82, 2.24) is 0 Å². The van der Waals surface area contributed by atoms with Crippen LogP contribution in [-0.2, 0) is 14.8 Å². The number of rotatable bonds is 5. The Morgan fingerprint density at radius 3 is 2.12 bits per heavy atom. The number of carbonyl (C=O) groups excluding carboxylic acids is 1. The van der Waals surface area contributed by atoms with E-state index in [-0.39, 0.29) is 15.7 Å². The Kier molecular flexibility index (Phi) is 6.45. The van der Waals surface area contributed by atoms with Gasteiger partial charge in [-0.15, -0.1) is 0 Å². The van der Waals surface area contributed by atoms with E-state index in [2.05, 4.69) is 5.32 Å². The first-order chi connectivity index (χ1) is 12.0. The summed E-state index contributed by atoms with van der Waals surface area (Å²) in [6.07, 6.45) is 1.01. The number of aryl methyl sites for hydroxylation is 1. The first-order valence-corrected chi connectivity index (χ1v) is 10.5. The number of carbonyl (C=O) groups is 1. The van der Waals surface area contributed by atoms with Gasteiger partial charge in [0.1, 0.15) is 6.04 Å². The summed E-state index contributed by atoms with van der Waals surface area (Å²) in [5.41, 5.74) is 1.51. The molecule has 5 nitrogen and oxygen atoms in total. The number of hydrogen-bond acceptors (Lipinski definition) is 3. The third kappa shape index (κ3) is 5.04. The van der Waals surface area contributed by atoms with Crippen LogP contribution in [0.15, 0.2) is 36.4 Å². The van der Waals surface area contributed by atoms with E-state index in [0.717, 1.165) is 16.1 Å². The third-order valence-electron chi connectivity index (χ3n) is 3.64. The lowest BCUT2D eigenvalue weighted by Gasteiger charge is -2.28. The lowest BCUT2D eigenvalue weighted by molar-refractivity contribution is -0.116. The van der Waals surface area contributed by atoms with E-state index in [1.807, 2.05) is 0 Å².